The number of nitrogens with zero attached hydrogens (tertiary/aromatic N) is 2. The second-order valence-corrected chi connectivity index (χ2v) is 6.60. The van der Waals surface area contributed by atoms with Gasteiger partial charge in [0.05, 0.1) is 12.6 Å². The van der Waals surface area contributed by atoms with Crippen LogP contribution in [-0.4, -0.2) is 42.0 Å². The molecule has 1 aromatic heterocycles. The van der Waals surface area contributed by atoms with Gasteiger partial charge in [-0.1, -0.05) is 12.1 Å². The van der Waals surface area contributed by atoms with Crippen LogP contribution in [0.25, 0.3) is 10.9 Å². The van der Waals surface area contributed by atoms with Crippen molar-refractivity contribution >= 4 is 22.8 Å². The average Bonchev–Trinajstić information content (AvgIpc) is 2.87. The number of aromatic nitrogens is 1. The minimum atomic E-state index is -0.340. The highest BCUT2D eigenvalue weighted by Crippen LogP contribution is 2.34. The number of methoxy groups -OCH3 is 1. The second-order valence-electron chi connectivity index (χ2n) is 6.60. The van der Waals surface area contributed by atoms with E-state index in [1.54, 1.807) is 4.90 Å². The molecule has 0 spiro atoms. The van der Waals surface area contributed by atoms with Crippen molar-refractivity contribution in [3.05, 3.63) is 34.5 Å². The van der Waals surface area contributed by atoms with Gasteiger partial charge in [0.2, 0.25) is 0 Å². The van der Waals surface area contributed by atoms with E-state index < -0.39 is 0 Å². The first-order valence-corrected chi connectivity index (χ1v) is 8.39. The molecule has 0 radical (unpaired) electrons. The van der Waals surface area contributed by atoms with Crippen molar-refractivity contribution in [2.24, 2.45) is 0 Å². The molecule has 128 valence electrons. The summed E-state index contributed by atoms with van der Waals surface area (Å²) in [6, 6.07) is 4.14. The zero-order valence-electron chi connectivity index (χ0n) is 14.8. The third kappa shape index (κ3) is 2.58. The Bertz CT molecular complexity index is 820. The summed E-state index contributed by atoms with van der Waals surface area (Å²) in [6.45, 7) is 4.90. The van der Waals surface area contributed by atoms with Crippen LogP contribution in [0.5, 0.6) is 0 Å². The third-order valence-electron chi connectivity index (χ3n) is 4.95. The molecule has 0 saturated carbocycles. The first-order chi connectivity index (χ1) is 11.5. The molecule has 0 bridgehead atoms. The van der Waals surface area contributed by atoms with Crippen molar-refractivity contribution < 1.29 is 14.3 Å². The van der Waals surface area contributed by atoms with Crippen molar-refractivity contribution in [2.75, 3.05) is 20.7 Å². The molecular weight excluding hydrogens is 304 g/mol. The Kier molecular flexibility index (Phi) is 4.35. The number of carbonyl (C=O) groups excluding carboxylic acids is 2. The maximum absolute atomic E-state index is 13.0. The lowest BCUT2D eigenvalue weighted by molar-refractivity contribution is -0.141. The van der Waals surface area contributed by atoms with E-state index in [1.165, 1.54) is 7.11 Å². The van der Waals surface area contributed by atoms with Gasteiger partial charge in [-0.2, -0.15) is 0 Å². The predicted octanol–water partition coefficient (Wildman–Crippen LogP) is 2.84. The van der Waals surface area contributed by atoms with Gasteiger partial charge in [0.1, 0.15) is 12.2 Å². The van der Waals surface area contributed by atoms with Crippen LogP contribution in [0.15, 0.2) is 12.1 Å². The first-order valence-electron chi connectivity index (χ1n) is 8.39. The topological polar surface area (TPSA) is 51.5 Å². The first kappa shape index (κ1) is 16.6. The summed E-state index contributed by atoms with van der Waals surface area (Å²) < 4.78 is 6.73. The number of rotatable bonds is 2. The Morgan fingerprint density at radius 1 is 1.21 bits per heavy atom. The Hall–Kier alpha value is -2.30. The Labute approximate surface area is 142 Å². The summed E-state index contributed by atoms with van der Waals surface area (Å²) in [4.78, 5) is 26.8. The molecule has 1 aliphatic rings. The molecule has 1 amide bonds. The smallest absolute Gasteiger partial charge is 0.325 e. The van der Waals surface area contributed by atoms with Gasteiger partial charge in [-0.15, -0.1) is 0 Å². The van der Waals surface area contributed by atoms with Crippen molar-refractivity contribution in [3.63, 3.8) is 0 Å². The van der Waals surface area contributed by atoms with Crippen molar-refractivity contribution in [1.29, 1.82) is 0 Å². The number of fused-ring (bicyclic) bond motifs is 3. The Morgan fingerprint density at radius 2 is 1.92 bits per heavy atom. The molecule has 0 saturated heterocycles. The van der Waals surface area contributed by atoms with Crippen molar-refractivity contribution in [3.8, 4) is 0 Å². The van der Waals surface area contributed by atoms with E-state index in [0.29, 0.717) is 5.69 Å². The van der Waals surface area contributed by atoms with E-state index in [1.807, 2.05) is 24.6 Å². The van der Waals surface area contributed by atoms with Crippen LogP contribution in [0.3, 0.4) is 0 Å². The molecule has 0 atom stereocenters. The SMILES string of the molecule is COC(=O)Cn1c2c(c3c(C)ccc(C)c31)CCCCN(C)C2=O. The fourth-order valence-corrected chi connectivity index (χ4v) is 3.69. The summed E-state index contributed by atoms with van der Waals surface area (Å²) in [6.07, 6.45) is 2.90. The predicted molar refractivity (Wildman–Crippen MR) is 93.3 cm³/mol. The molecule has 0 fully saturated rings. The summed E-state index contributed by atoms with van der Waals surface area (Å²) in [5.41, 5.74) is 4.92. The number of hydrogen-bond donors (Lipinski definition) is 0. The number of carbonyl (C=O) groups is 2. The quantitative estimate of drug-likeness (QED) is 0.797. The van der Waals surface area contributed by atoms with E-state index in [-0.39, 0.29) is 18.4 Å². The number of benzene rings is 1. The van der Waals surface area contributed by atoms with Crippen LogP contribution >= 0.6 is 0 Å². The van der Waals surface area contributed by atoms with Crippen molar-refractivity contribution in [2.45, 2.75) is 39.7 Å². The van der Waals surface area contributed by atoms with Crippen molar-refractivity contribution in [1.82, 2.24) is 9.47 Å². The number of esters is 1. The van der Waals surface area contributed by atoms with Gasteiger partial charge in [-0.3, -0.25) is 9.59 Å². The second kappa shape index (κ2) is 6.30. The number of amides is 1. The van der Waals surface area contributed by atoms with Crippen LogP contribution in [0.2, 0.25) is 0 Å². The van der Waals surface area contributed by atoms with Crippen LogP contribution in [-0.2, 0) is 22.5 Å². The molecule has 5 nitrogen and oxygen atoms in total. The molecule has 24 heavy (non-hydrogen) atoms. The minimum Gasteiger partial charge on any atom is -0.468 e. The summed E-state index contributed by atoms with van der Waals surface area (Å²) >= 11 is 0. The standard InChI is InChI=1S/C19H24N2O3/c1-12-8-9-13(2)17-16(12)14-7-5-6-10-20(3)19(23)18(14)21(17)11-15(22)24-4/h8-9H,5-7,10-11H2,1-4H3. The number of hydrogen-bond acceptors (Lipinski definition) is 3. The monoisotopic (exact) mass is 328 g/mol. The molecule has 0 unspecified atom stereocenters. The molecule has 5 heteroatoms. The van der Waals surface area contributed by atoms with E-state index >= 15 is 0 Å². The van der Waals surface area contributed by atoms with Gasteiger partial charge >= 0.3 is 5.97 Å². The highest BCUT2D eigenvalue weighted by Gasteiger charge is 2.28. The highest BCUT2D eigenvalue weighted by molar-refractivity contribution is 6.04. The zero-order chi connectivity index (χ0) is 17.4. The zero-order valence-corrected chi connectivity index (χ0v) is 14.8. The van der Waals surface area contributed by atoms with Gasteiger partial charge in [-0.05, 0) is 49.8 Å². The van der Waals surface area contributed by atoms with Gasteiger partial charge < -0.3 is 14.2 Å². The number of aryl methyl sites for hydroxylation is 3. The van der Waals surface area contributed by atoms with E-state index in [4.69, 9.17) is 4.74 Å². The van der Waals surface area contributed by atoms with Gasteiger partial charge in [0.15, 0.2) is 0 Å². The van der Waals surface area contributed by atoms with E-state index in [2.05, 4.69) is 13.0 Å². The maximum atomic E-state index is 13.0. The Balaban J connectivity index is 2.37. The van der Waals surface area contributed by atoms with Gasteiger partial charge in [-0.25, -0.2) is 0 Å². The molecule has 3 rings (SSSR count). The molecule has 1 aliphatic heterocycles. The Morgan fingerprint density at radius 3 is 2.62 bits per heavy atom. The van der Waals surface area contributed by atoms with Gasteiger partial charge in [0, 0.05) is 19.0 Å². The lowest BCUT2D eigenvalue weighted by Gasteiger charge is -2.22. The lowest BCUT2D eigenvalue weighted by Crippen LogP contribution is -2.32. The van der Waals surface area contributed by atoms with Crippen LogP contribution in [0, 0.1) is 13.8 Å². The molecule has 0 N–H and O–H groups in total. The highest BCUT2D eigenvalue weighted by atomic mass is 16.5. The molecule has 2 heterocycles. The normalized spacial score (nSPS) is 15.2. The largest absolute Gasteiger partial charge is 0.468 e. The maximum Gasteiger partial charge on any atom is 0.325 e. The molecule has 2 aromatic rings. The third-order valence-corrected chi connectivity index (χ3v) is 4.95. The lowest BCUT2D eigenvalue weighted by atomic mass is 9.98. The molecular formula is C19H24N2O3. The average molecular weight is 328 g/mol. The molecule has 0 aliphatic carbocycles. The fraction of sp³-hybridized carbons (Fsp3) is 0.474. The van der Waals surface area contributed by atoms with E-state index in [0.717, 1.165) is 53.4 Å². The summed E-state index contributed by atoms with van der Waals surface area (Å²) in [5.74, 6) is -0.350. The van der Waals surface area contributed by atoms with Crippen LogP contribution in [0.4, 0.5) is 0 Å². The fourth-order valence-electron chi connectivity index (χ4n) is 3.69. The van der Waals surface area contributed by atoms with E-state index in [9.17, 15) is 9.59 Å². The number of ether oxygens (including phenoxy) is 1. The summed E-state index contributed by atoms with van der Waals surface area (Å²) in [5, 5.41) is 1.12. The summed E-state index contributed by atoms with van der Waals surface area (Å²) in [7, 11) is 3.21. The molecule has 1 aromatic carbocycles. The van der Waals surface area contributed by atoms with Crippen LogP contribution in [0.1, 0.15) is 40.0 Å². The minimum absolute atomic E-state index is 0.0106. The van der Waals surface area contributed by atoms with Gasteiger partial charge in [0.25, 0.3) is 5.91 Å². The van der Waals surface area contributed by atoms with Crippen LogP contribution < -0.4 is 0 Å².